The van der Waals surface area contributed by atoms with Crippen molar-refractivity contribution in [3.63, 3.8) is 0 Å². The van der Waals surface area contributed by atoms with Gasteiger partial charge in [0.05, 0.1) is 21.3 Å². The van der Waals surface area contributed by atoms with Crippen LogP contribution in [0.3, 0.4) is 0 Å². The van der Waals surface area contributed by atoms with Crippen molar-refractivity contribution in [1.82, 2.24) is 5.32 Å². The fourth-order valence-electron chi connectivity index (χ4n) is 1.56. The molecule has 0 saturated heterocycles. The van der Waals surface area contributed by atoms with Gasteiger partial charge in [-0.2, -0.15) is 0 Å². The summed E-state index contributed by atoms with van der Waals surface area (Å²) < 4.78 is 15.6. The van der Waals surface area contributed by atoms with Crippen LogP contribution >= 0.6 is 0 Å². The lowest BCUT2D eigenvalue weighted by Gasteiger charge is -2.15. The smallest absolute Gasteiger partial charge is 0.248 e. The zero-order valence-electron chi connectivity index (χ0n) is 11.5. The van der Waals surface area contributed by atoms with Crippen molar-refractivity contribution in [3.05, 3.63) is 17.7 Å². The molecule has 6 nitrogen and oxygen atoms in total. The molecule has 0 spiro atoms. The predicted octanol–water partition coefficient (Wildman–Crippen LogP) is 0.709. The molecular weight excluding hydrogens is 250 g/mol. The number of rotatable bonds is 6. The Kier molecular flexibility index (Phi) is 5.44. The minimum Gasteiger partial charge on any atom is -0.496 e. The Labute approximate surface area is 112 Å². The summed E-state index contributed by atoms with van der Waals surface area (Å²) in [6.45, 7) is 1.63. The molecule has 0 saturated carbocycles. The number of benzene rings is 1. The third-order valence-corrected chi connectivity index (χ3v) is 2.62. The van der Waals surface area contributed by atoms with Gasteiger partial charge in [-0.15, -0.1) is 0 Å². The molecule has 0 bridgehead atoms. The van der Waals surface area contributed by atoms with Crippen LogP contribution in [0.5, 0.6) is 17.2 Å². The average Bonchev–Trinajstić information content (AvgIpc) is 2.43. The van der Waals surface area contributed by atoms with Crippen LogP contribution in [0.15, 0.2) is 12.1 Å². The fraction of sp³-hybridized carbons (Fsp3) is 0.462. The number of amides is 1. The lowest BCUT2D eigenvalue weighted by atomic mass is 10.1. The molecule has 0 fully saturated rings. The molecule has 1 aromatic rings. The standard InChI is InChI=1S/C13H19NO5/c1-8(15)13(16)14-7-9-5-11(18-3)12(19-4)6-10(9)17-2/h5-6,8,15H,7H2,1-4H3,(H,14,16). The summed E-state index contributed by atoms with van der Waals surface area (Å²) in [4.78, 5) is 11.3. The molecule has 0 heterocycles. The molecule has 6 heteroatoms. The van der Waals surface area contributed by atoms with Crippen molar-refractivity contribution in [2.75, 3.05) is 21.3 Å². The molecule has 0 aliphatic heterocycles. The van der Waals surface area contributed by atoms with Gasteiger partial charge in [-0.05, 0) is 13.0 Å². The van der Waals surface area contributed by atoms with Gasteiger partial charge in [-0.3, -0.25) is 4.79 Å². The summed E-state index contributed by atoms with van der Waals surface area (Å²) in [6, 6.07) is 3.41. The first kappa shape index (κ1) is 15.1. The van der Waals surface area contributed by atoms with E-state index in [2.05, 4.69) is 5.32 Å². The van der Waals surface area contributed by atoms with Crippen LogP contribution in [0.4, 0.5) is 0 Å². The summed E-state index contributed by atoms with van der Waals surface area (Å²) in [6.07, 6.45) is -1.05. The maximum absolute atomic E-state index is 11.3. The van der Waals surface area contributed by atoms with Crippen molar-refractivity contribution in [2.45, 2.75) is 19.6 Å². The first-order valence-corrected chi connectivity index (χ1v) is 5.78. The molecule has 0 aromatic heterocycles. The topological polar surface area (TPSA) is 77.0 Å². The van der Waals surface area contributed by atoms with Gasteiger partial charge < -0.3 is 24.6 Å². The molecule has 1 amide bonds. The van der Waals surface area contributed by atoms with E-state index in [4.69, 9.17) is 19.3 Å². The second-order valence-electron chi connectivity index (χ2n) is 3.91. The minimum atomic E-state index is -1.05. The third kappa shape index (κ3) is 3.75. The number of aliphatic hydroxyl groups excluding tert-OH is 1. The maximum Gasteiger partial charge on any atom is 0.248 e. The first-order chi connectivity index (χ1) is 9.03. The van der Waals surface area contributed by atoms with Crippen LogP contribution in [-0.2, 0) is 11.3 Å². The normalized spacial score (nSPS) is 11.6. The highest BCUT2D eigenvalue weighted by Gasteiger charge is 2.14. The summed E-state index contributed by atoms with van der Waals surface area (Å²) >= 11 is 0. The molecule has 1 unspecified atom stereocenters. The molecule has 1 aromatic carbocycles. The average molecular weight is 269 g/mol. The highest BCUT2D eigenvalue weighted by molar-refractivity contribution is 5.80. The largest absolute Gasteiger partial charge is 0.496 e. The van der Waals surface area contributed by atoms with E-state index in [1.165, 1.54) is 28.3 Å². The third-order valence-electron chi connectivity index (χ3n) is 2.62. The number of hydrogen-bond donors (Lipinski definition) is 2. The number of aliphatic hydroxyl groups is 1. The Morgan fingerprint density at radius 3 is 2.16 bits per heavy atom. The molecule has 0 aliphatic carbocycles. The van der Waals surface area contributed by atoms with Gasteiger partial charge >= 0.3 is 0 Å². The van der Waals surface area contributed by atoms with E-state index in [-0.39, 0.29) is 6.54 Å². The summed E-state index contributed by atoms with van der Waals surface area (Å²) in [7, 11) is 4.59. The van der Waals surface area contributed by atoms with Gasteiger partial charge in [0.2, 0.25) is 5.91 Å². The van der Waals surface area contributed by atoms with Crippen LogP contribution in [0, 0.1) is 0 Å². The van der Waals surface area contributed by atoms with E-state index in [0.717, 1.165) is 5.56 Å². The SMILES string of the molecule is COc1cc(OC)c(OC)cc1CNC(=O)C(C)O. The Morgan fingerprint density at radius 2 is 1.68 bits per heavy atom. The molecule has 1 rings (SSSR count). The van der Waals surface area contributed by atoms with E-state index < -0.39 is 12.0 Å². The van der Waals surface area contributed by atoms with E-state index in [0.29, 0.717) is 17.2 Å². The van der Waals surface area contributed by atoms with Gasteiger partial charge in [0.25, 0.3) is 0 Å². The van der Waals surface area contributed by atoms with Gasteiger partial charge in [0.15, 0.2) is 11.5 Å². The van der Waals surface area contributed by atoms with Crippen molar-refractivity contribution in [1.29, 1.82) is 0 Å². The monoisotopic (exact) mass is 269 g/mol. The molecule has 0 radical (unpaired) electrons. The van der Waals surface area contributed by atoms with E-state index in [1.807, 2.05) is 0 Å². The molecule has 0 aliphatic rings. The highest BCUT2D eigenvalue weighted by atomic mass is 16.5. The Balaban J connectivity index is 2.95. The van der Waals surface area contributed by atoms with Crippen LogP contribution < -0.4 is 19.5 Å². The Bertz CT molecular complexity index is 445. The number of methoxy groups -OCH3 is 3. The van der Waals surface area contributed by atoms with Crippen molar-refractivity contribution in [2.24, 2.45) is 0 Å². The van der Waals surface area contributed by atoms with Gasteiger partial charge in [-0.25, -0.2) is 0 Å². The van der Waals surface area contributed by atoms with Crippen LogP contribution in [0.1, 0.15) is 12.5 Å². The second-order valence-corrected chi connectivity index (χ2v) is 3.91. The number of hydrogen-bond acceptors (Lipinski definition) is 5. The van der Waals surface area contributed by atoms with Crippen LogP contribution in [0.2, 0.25) is 0 Å². The highest BCUT2D eigenvalue weighted by Crippen LogP contribution is 2.34. The first-order valence-electron chi connectivity index (χ1n) is 5.78. The van der Waals surface area contributed by atoms with Crippen molar-refractivity contribution >= 4 is 5.91 Å². The molecule has 1 atom stereocenters. The zero-order valence-corrected chi connectivity index (χ0v) is 11.5. The quantitative estimate of drug-likeness (QED) is 0.795. The summed E-state index contributed by atoms with van der Waals surface area (Å²) in [5, 5.41) is 11.7. The predicted molar refractivity (Wildman–Crippen MR) is 69.6 cm³/mol. The van der Waals surface area contributed by atoms with Crippen LogP contribution in [0.25, 0.3) is 0 Å². The Hall–Kier alpha value is -1.95. The molecule has 106 valence electrons. The second kappa shape index (κ2) is 6.84. The number of ether oxygens (including phenoxy) is 3. The lowest BCUT2D eigenvalue weighted by Crippen LogP contribution is -2.32. The van der Waals surface area contributed by atoms with E-state index in [1.54, 1.807) is 12.1 Å². The number of carbonyl (C=O) groups excluding carboxylic acids is 1. The van der Waals surface area contributed by atoms with Gasteiger partial charge in [0.1, 0.15) is 11.9 Å². The van der Waals surface area contributed by atoms with Crippen molar-refractivity contribution < 1.29 is 24.1 Å². The molecular formula is C13H19NO5. The van der Waals surface area contributed by atoms with Gasteiger partial charge in [-0.1, -0.05) is 0 Å². The molecule has 19 heavy (non-hydrogen) atoms. The number of nitrogens with one attached hydrogen (secondary N) is 1. The lowest BCUT2D eigenvalue weighted by molar-refractivity contribution is -0.128. The summed E-state index contributed by atoms with van der Waals surface area (Å²) in [5.41, 5.74) is 0.731. The van der Waals surface area contributed by atoms with E-state index in [9.17, 15) is 4.79 Å². The Morgan fingerprint density at radius 1 is 1.16 bits per heavy atom. The maximum atomic E-state index is 11.3. The molecule has 2 N–H and O–H groups in total. The minimum absolute atomic E-state index is 0.229. The summed E-state index contributed by atoms with van der Waals surface area (Å²) in [5.74, 6) is 1.22. The van der Waals surface area contributed by atoms with Crippen molar-refractivity contribution in [3.8, 4) is 17.2 Å². The van der Waals surface area contributed by atoms with E-state index >= 15 is 0 Å². The number of carbonyl (C=O) groups is 1. The van der Waals surface area contributed by atoms with Crippen LogP contribution in [-0.4, -0.2) is 38.4 Å². The fourth-order valence-corrected chi connectivity index (χ4v) is 1.56. The van der Waals surface area contributed by atoms with Gasteiger partial charge in [0, 0.05) is 18.2 Å². The zero-order chi connectivity index (χ0) is 14.4.